The van der Waals surface area contributed by atoms with Crippen LogP contribution in [-0.2, 0) is 25.5 Å². The van der Waals surface area contributed by atoms with Gasteiger partial charge in [-0.15, -0.1) is 0 Å². The number of pyridine rings is 1. The lowest BCUT2D eigenvalue weighted by atomic mass is 10.1. The van der Waals surface area contributed by atoms with Crippen molar-refractivity contribution < 1.29 is 24.2 Å². The molecule has 1 aliphatic rings. The van der Waals surface area contributed by atoms with Crippen LogP contribution < -0.4 is 0 Å². The first-order valence-electron chi connectivity index (χ1n) is 8.72. The largest absolute Gasteiger partial charge is 0.480 e. The molecule has 1 fully saturated rings. The van der Waals surface area contributed by atoms with Crippen LogP contribution in [0.4, 0.5) is 0 Å². The van der Waals surface area contributed by atoms with Crippen LogP contribution in [0.1, 0.15) is 12.5 Å². The van der Waals surface area contributed by atoms with Gasteiger partial charge >= 0.3 is 5.97 Å². The minimum absolute atomic E-state index is 0.0466. The number of amides is 2. The van der Waals surface area contributed by atoms with Crippen molar-refractivity contribution in [2.45, 2.75) is 19.4 Å². The van der Waals surface area contributed by atoms with E-state index in [1.54, 1.807) is 15.6 Å². The van der Waals surface area contributed by atoms with E-state index in [4.69, 9.17) is 9.84 Å². The Kier molecular flexibility index (Phi) is 5.70. The van der Waals surface area contributed by atoms with E-state index in [2.05, 4.69) is 5.10 Å². The number of rotatable bonds is 6. The second-order valence-corrected chi connectivity index (χ2v) is 6.50. The van der Waals surface area contributed by atoms with E-state index in [0.29, 0.717) is 19.7 Å². The third-order valence-electron chi connectivity index (χ3n) is 4.53. The molecule has 1 unspecified atom stereocenters. The van der Waals surface area contributed by atoms with E-state index in [0.717, 1.165) is 11.1 Å². The predicted molar refractivity (Wildman–Crippen MR) is 95.1 cm³/mol. The SMILES string of the molecule is CC(=O)N(CC(=O)O)CC1CN(C(=O)Cc2cnn3ccccc23)CCO1. The van der Waals surface area contributed by atoms with E-state index in [1.165, 1.54) is 11.8 Å². The maximum Gasteiger partial charge on any atom is 0.323 e. The van der Waals surface area contributed by atoms with Crippen LogP contribution >= 0.6 is 0 Å². The van der Waals surface area contributed by atoms with Crippen LogP contribution in [0.5, 0.6) is 0 Å². The predicted octanol–water partition coefficient (Wildman–Crippen LogP) is 0.0373. The number of nitrogens with zero attached hydrogens (tertiary/aromatic N) is 4. The molecule has 1 aliphatic heterocycles. The topological polar surface area (TPSA) is 104 Å². The molecule has 9 heteroatoms. The number of carbonyl (C=O) groups excluding carboxylic acids is 2. The molecule has 2 aromatic rings. The van der Waals surface area contributed by atoms with Gasteiger partial charge in [0.25, 0.3) is 0 Å². The summed E-state index contributed by atoms with van der Waals surface area (Å²) in [7, 11) is 0. The highest BCUT2D eigenvalue weighted by Crippen LogP contribution is 2.14. The van der Waals surface area contributed by atoms with E-state index in [-0.39, 0.29) is 31.3 Å². The van der Waals surface area contributed by atoms with E-state index in [9.17, 15) is 14.4 Å². The van der Waals surface area contributed by atoms with Gasteiger partial charge < -0.3 is 19.6 Å². The smallest absolute Gasteiger partial charge is 0.323 e. The summed E-state index contributed by atoms with van der Waals surface area (Å²) in [6.45, 7) is 2.21. The average molecular weight is 374 g/mol. The fourth-order valence-electron chi connectivity index (χ4n) is 3.17. The maximum atomic E-state index is 12.7. The van der Waals surface area contributed by atoms with Gasteiger partial charge in [-0.1, -0.05) is 6.07 Å². The number of aliphatic carboxylic acids is 1. The molecule has 0 bridgehead atoms. The molecule has 0 radical (unpaired) electrons. The highest BCUT2D eigenvalue weighted by atomic mass is 16.5. The van der Waals surface area contributed by atoms with Crippen molar-refractivity contribution in [2.75, 3.05) is 32.8 Å². The molecular formula is C18H22N4O5. The van der Waals surface area contributed by atoms with Gasteiger partial charge in [-0.2, -0.15) is 5.10 Å². The highest BCUT2D eigenvalue weighted by Gasteiger charge is 2.27. The number of carbonyl (C=O) groups is 3. The van der Waals surface area contributed by atoms with Crippen molar-refractivity contribution in [1.82, 2.24) is 19.4 Å². The number of hydrogen-bond acceptors (Lipinski definition) is 5. The summed E-state index contributed by atoms with van der Waals surface area (Å²) < 4.78 is 7.35. The molecule has 1 N–H and O–H groups in total. The van der Waals surface area contributed by atoms with Gasteiger partial charge in [-0.05, 0) is 12.1 Å². The lowest BCUT2D eigenvalue weighted by Gasteiger charge is -2.35. The number of morpholine rings is 1. The Hall–Kier alpha value is -2.94. The molecule has 3 rings (SSSR count). The summed E-state index contributed by atoms with van der Waals surface area (Å²) in [6, 6.07) is 5.68. The van der Waals surface area contributed by atoms with Crippen molar-refractivity contribution in [3.8, 4) is 0 Å². The number of ether oxygens (including phenoxy) is 1. The Balaban J connectivity index is 1.62. The first-order chi connectivity index (χ1) is 12.9. The van der Waals surface area contributed by atoms with Crippen molar-refractivity contribution in [3.63, 3.8) is 0 Å². The van der Waals surface area contributed by atoms with Gasteiger partial charge in [-0.3, -0.25) is 14.4 Å². The molecule has 2 aromatic heterocycles. The molecule has 27 heavy (non-hydrogen) atoms. The molecule has 2 amide bonds. The number of carboxylic acid groups (broad SMARTS) is 1. The Bertz CT molecular complexity index is 849. The highest BCUT2D eigenvalue weighted by molar-refractivity contribution is 5.81. The Morgan fingerprint density at radius 1 is 1.37 bits per heavy atom. The fraction of sp³-hybridized carbons (Fsp3) is 0.444. The summed E-state index contributed by atoms with van der Waals surface area (Å²) >= 11 is 0. The van der Waals surface area contributed by atoms with Gasteiger partial charge in [0.05, 0.1) is 30.8 Å². The number of hydrogen-bond donors (Lipinski definition) is 1. The summed E-state index contributed by atoms with van der Waals surface area (Å²) in [5.74, 6) is -1.47. The summed E-state index contributed by atoms with van der Waals surface area (Å²) in [5.41, 5.74) is 1.74. The van der Waals surface area contributed by atoms with E-state index in [1.807, 2.05) is 24.4 Å². The molecule has 0 saturated carbocycles. The summed E-state index contributed by atoms with van der Waals surface area (Å²) in [6.07, 6.45) is 3.34. The lowest BCUT2D eigenvalue weighted by Crippen LogP contribution is -2.51. The molecule has 9 nitrogen and oxygen atoms in total. The van der Waals surface area contributed by atoms with Gasteiger partial charge in [0, 0.05) is 38.3 Å². The van der Waals surface area contributed by atoms with Gasteiger partial charge in [-0.25, -0.2) is 4.52 Å². The van der Waals surface area contributed by atoms with Crippen molar-refractivity contribution >= 4 is 23.3 Å². The minimum Gasteiger partial charge on any atom is -0.480 e. The summed E-state index contributed by atoms with van der Waals surface area (Å²) in [4.78, 5) is 38.1. The van der Waals surface area contributed by atoms with Crippen LogP contribution in [0, 0.1) is 0 Å². The molecule has 1 atom stereocenters. The third kappa shape index (κ3) is 4.62. The van der Waals surface area contributed by atoms with Crippen LogP contribution in [0.3, 0.4) is 0 Å². The van der Waals surface area contributed by atoms with Crippen LogP contribution in [0.2, 0.25) is 0 Å². The monoisotopic (exact) mass is 374 g/mol. The first kappa shape index (κ1) is 18.8. The zero-order valence-electron chi connectivity index (χ0n) is 15.1. The molecule has 3 heterocycles. The van der Waals surface area contributed by atoms with Crippen LogP contribution in [0.15, 0.2) is 30.6 Å². The van der Waals surface area contributed by atoms with E-state index < -0.39 is 12.1 Å². The standard InChI is InChI=1S/C18H22N4O5/c1-13(23)21(12-18(25)26)11-15-10-20(6-7-27-15)17(24)8-14-9-19-22-5-3-2-4-16(14)22/h2-5,9,15H,6-8,10-12H2,1H3,(H,25,26). The minimum atomic E-state index is -1.08. The zero-order chi connectivity index (χ0) is 19.4. The number of fused-ring (bicyclic) bond motifs is 1. The molecule has 1 saturated heterocycles. The van der Waals surface area contributed by atoms with Gasteiger partial charge in [0.2, 0.25) is 11.8 Å². The Morgan fingerprint density at radius 3 is 2.93 bits per heavy atom. The second kappa shape index (κ2) is 8.17. The maximum absolute atomic E-state index is 12.7. The second-order valence-electron chi connectivity index (χ2n) is 6.50. The third-order valence-corrected chi connectivity index (χ3v) is 4.53. The van der Waals surface area contributed by atoms with Crippen molar-refractivity contribution in [3.05, 3.63) is 36.2 Å². The normalized spacial score (nSPS) is 17.1. The van der Waals surface area contributed by atoms with Crippen LogP contribution in [0.25, 0.3) is 5.52 Å². The fourth-order valence-corrected chi connectivity index (χ4v) is 3.17. The average Bonchev–Trinajstić information content (AvgIpc) is 3.04. The Labute approximate surface area is 156 Å². The Morgan fingerprint density at radius 2 is 2.19 bits per heavy atom. The number of carboxylic acids is 1. The lowest BCUT2D eigenvalue weighted by molar-refractivity contribution is -0.147. The molecule has 0 aromatic carbocycles. The van der Waals surface area contributed by atoms with Crippen LogP contribution in [-0.4, -0.2) is 81.2 Å². The van der Waals surface area contributed by atoms with E-state index >= 15 is 0 Å². The van der Waals surface area contributed by atoms with Gasteiger partial charge in [0.1, 0.15) is 6.54 Å². The molecule has 0 aliphatic carbocycles. The molecular weight excluding hydrogens is 352 g/mol. The summed E-state index contributed by atoms with van der Waals surface area (Å²) in [5, 5.41) is 13.2. The van der Waals surface area contributed by atoms with Crippen molar-refractivity contribution in [1.29, 1.82) is 0 Å². The molecule has 0 spiro atoms. The van der Waals surface area contributed by atoms with Crippen molar-refractivity contribution in [2.24, 2.45) is 0 Å². The quantitative estimate of drug-likeness (QED) is 0.765. The van der Waals surface area contributed by atoms with Gasteiger partial charge in [0.15, 0.2) is 0 Å². The zero-order valence-corrected chi connectivity index (χ0v) is 15.1. The molecule has 144 valence electrons. The number of aromatic nitrogens is 2. The first-order valence-corrected chi connectivity index (χ1v) is 8.72.